The van der Waals surface area contributed by atoms with E-state index in [4.69, 9.17) is 16.7 Å². The number of aliphatic hydroxyl groups is 1. The molecular formula is C15H23ClN2O2. The Labute approximate surface area is 125 Å². The predicted octanol–water partition coefficient (Wildman–Crippen LogP) is 2.05. The quantitative estimate of drug-likeness (QED) is 0.686. The fraction of sp³-hybridized carbons (Fsp3) is 0.533. The number of aliphatic hydroxyl groups excluding tert-OH is 1. The maximum atomic E-state index is 11.8. The summed E-state index contributed by atoms with van der Waals surface area (Å²) in [4.78, 5) is 13.8. The molecule has 0 saturated carbocycles. The standard InChI is InChI=1S/C15H23ClN2O2/c1-18(9-5-2-6-10-19)12-15(20)17-11-13-7-3-4-8-14(13)16/h3-4,7-8,19H,2,5-6,9-12H2,1H3,(H,17,20). The van der Waals surface area contributed by atoms with Crippen molar-refractivity contribution in [2.45, 2.75) is 25.8 Å². The average molecular weight is 299 g/mol. The Bertz CT molecular complexity index is 413. The third kappa shape index (κ3) is 6.89. The van der Waals surface area contributed by atoms with Crippen LogP contribution in [0, 0.1) is 0 Å². The minimum atomic E-state index is -0.00502. The molecule has 0 aliphatic rings. The Balaban J connectivity index is 2.21. The van der Waals surface area contributed by atoms with E-state index in [2.05, 4.69) is 5.32 Å². The number of unbranched alkanes of at least 4 members (excludes halogenated alkanes) is 2. The summed E-state index contributed by atoms with van der Waals surface area (Å²) in [6.45, 7) is 1.93. The van der Waals surface area contributed by atoms with Crippen LogP contribution in [0.25, 0.3) is 0 Å². The zero-order valence-electron chi connectivity index (χ0n) is 11.9. The van der Waals surface area contributed by atoms with Crippen LogP contribution in [-0.4, -0.2) is 42.7 Å². The van der Waals surface area contributed by atoms with Crippen molar-refractivity contribution in [3.05, 3.63) is 34.9 Å². The summed E-state index contributed by atoms with van der Waals surface area (Å²) >= 11 is 6.03. The van der Waals surface area contributed by atoms with Gasteiger partial charge >= 0.3 is 0 Å². The normalized spacial score (nSPS) is 10.8. The molecule has 0 aromatic heterocycles. The average Bonchev–Trinajstić information content (AvgIpc) is 2.43. The van der Waals surface area contributed by atoms with Gasteiger partial charge in [0, 0.05) is 18.2 Å². The molecule has 0 unspecified atom stereocenters. The summed E-state index contributed by atoms with van der Waals surface area (Å²) in [5.74, 6) is -0.00502. The largest absolute Gasteiger partial charge is 0.396 e. The number of benzene rings is 1. The molecule has 0 heterocycles. The summed E-state index contributed by atoms with van der Waals surface area (Å²) in [6, 6.07) is 7.49. The van der Waals surface area contributed by atoms with Crippen molar-refractivity contribution >= 4 is 17.5 Å². The Morgan fingerprint density at radius 2 is 2.05 bits per heavy atom. The van der Waals surface area contributed by atoms with Gasteiger partial charge in [0.15, 0.2) is 0 Å². The van der Waals surface area contributed by atoms with Gasteiger partial charge in [-0.25, -0.2) is 0 Å². The number of hydrogen-bond acceptors (Lipinski definition) is 3. The second kappa shape index (κ2) is 9.75. The lowest BCUT2D eigenvalue weighted by Gasteiger charge is -2.16. The van der Waals surface area contributed by atoms with Crippen molar-refractivity contribution < 1.29 is 9.90 Å². The van der Waals surface area contributed by atoms with Crippen LogP contribution in [-0.2, 0) is 11.3 Å². The molecule has 2 N–H and O–H groups in total. The predicted molar refractivity (Wildman–Crippen MR) is 81.7 cm³/mol. The van der Waals surface area contributed by atoms with Crippen LogP contribution in [0.5, 0.6) is 0 Å². The molecule has 0 fully saturated rings. The van der Waals surface area contributed by atoms with Crippen LogP contribution < -0.4 is 5.32 Å². The SMILES string of the molecule is CN(CCCCCO)CC(=O)NCc1ccccc1Cl. The molecule has 0 radical (unpaired) electrons. The molecule has 4 nitrogen and oxygen atoms in total. The van der Waals surface area contributed by atoms with Crippen molar-refractivity contribution in [3.8, 4) is 0 Å². The summed E-state index contributed by atoms with van der Waals surface area (Å²) in [5, 5.41) is 12.2. The van der Waals surface area contributed by atoms with Gasteiger partial charge in [0.1, 0.15) is 0 Å². The smallest absolute Gasteiger partial charge is 0.234 e. The Kier molecular flexibility index (Phi) is 8.26. The monoisotopic (exact) mass is 298 g/mol. The molecule has 0 aliphatic carbocycles. The molecule has 1 rings (SSSR count). The van der Waals surface area contributed by atoms with E-state index in [1.165, 1.54) is 0 Å². The Hall–Kier alpha value is -1.10. The van der Waals surface area contributed by atoms with Gasteiger partial charge in [-0.2, -0.15) is 0 Å². The fourth-order valence-corrected chi connectivity index (χ4v) is 2.09. The molecule has 0 spiro atoms. The van der Waals surface area contributed by atoms with Crippen LogP contribution in [0.3, 0.4) is 0 Å². The van der Waals surface area contributed by atoms with E-state index in [-0.39, 0.29) is 12.5 Å². The number of likely N-dealkylation sites (N-methyl/N-ethyl adjacent to an activating group) is 1. The molecule has 0 atom stereocenters. The topological polar surface area (TPSA) is 52.6 Å². The molecule has 5 heteroatoms. The highest BCUT2D eigenvalue weighted by molar-refractivity contribution is 6.31. The second-order valence-corrected chi connectivity index (χ2v) is 5.30. The summed E-state index contributed by atoms with van der Waals surface area (Å²) < 4.78 is 0. The minimum Gasteiger partial charge on any atom is -0.396 e. The first kappa shape index (κ1) is 17.0. The van der Waals surface area contributed by atoms with E-state index in [0.717, 1.165) is 31.4 Å². The zero-order valence-corrected chi connectivity index (χ0v) is 12.7. The van der Waals surface area contributed by atoms with Crippen molar-refractivity contribution in [2.75, 3.05) is 26.7 Å². The Morgan fingerprint density at radius 1 is 1.30 bits per heavy atom. The van der Waals surface area contributed by atoms with Gasteiger partial charge in [-0.05, 0) is 44.5 Å². The number of nitrogens with zero attached hydrogens (tertiary/aromatic N) is 1. The number of carbonyl (C=O) groups excluding carboxylic acids is 1. The number of hydrogen-bond donors (Lipinski definition) is 2. The molecule has 112 valence electrons. The van der Waals surface area contributed by atoms with Crippen LogP contribution in [0.1, 0.15) is 24.8 Å². The first-order valence-electron chi connectivity index (χ1n) is 6.93. The third-order valence-electron chi connectivity index (χ3n) is 3.05. The lowest BCUT2D eigenvalue weighted by atomic mass is 10.2. The lowest BCUT2D eigenvalue weighted by Crippen LogP contribution is -2.35. The lowest BCUT2D eigenvalue weighted by molar-refractivity contribution is -0.122. The van der Waals surface area contributed by atoms with Crippen molar-refractivity contribution in [2.24, 2.45) is 0 Å². The van der Waals surface area contributed by atoms with Gasteiger partial charge in [-0.1, -0.05) is 29.8 Å². The number of halogens is 1. The molecule has 1 amide bonds. The molecule has 1 aromatic carbocycles. The zero-order chi connectivity index (χ0) is 14.8. The van der Waals surface area contributed by atoms with Crippen LogP contribution in [0.4, 0.5) is 0 Å². The second-order valence-electron chi connectivity index (χ2n) is 4.89. The van der Waals surface area contributed by atoms with Gasteiger partial charge in [-0.3, -0.25) is 9.69 Å². The summed E-state index contributed by atoms with van der Waals surface area (Å²) in [5.41, 5.74) is 0.924. The van der Waals surface area contributed by atoms with Crippen molar-refractivity contribution in [1.29, 1.82) is 0 Å². The molecule has 0 bridgehead atoms. The van der Waals surface area contributed by atoms with Crippen LogP contribution in [0.15, 0.2) is 24.3 Å². The Morgan fingerprint density at radius 3 is 2.75 bits per heavy atom. The highest BCUT2D eigenvalue weighted by Gasteiger charge is 2.07. The number of carbonyl (C=O) groups is 1. The number of nitrogens with one attached hydrogen (secondary N) is 1. The first-order valence-corrected chi connectivity index (χ1v) is 7.30. The highest BCUT2D eigenvalue weighted by Crippen LogP contribution is 2.14. The summed E-state index contributed by atoms with van der Waals surface area (Å²) in [7, 11) is 1.92. The molecule has 20 heavy (non-hydrogen) atoms. The van der Waals surface area contributed by atoms with Gasteiger partial charge < -0.3 is 10.4 Å². The van der Waals surface area contributed by atoms with E-state index in [1.54, 1.807) is 0 Å². The molecular weight excluding hydrogens is 276 g/mol. The molecule has 0 saturated heterocycles. The molecule has 0 aliphatic heterocycles. The van der Waals surface area contributed by atoms with Gasteiger partial charge in [0.05, 0.1) is 6.54 Å². The minimum absolute atomic E-state index is 0.00502. The van der Waals surface area contributed by atoms with Gasteiger partial charge in [0.25, 0.3) is 0 Å². The third-order valence-corrected chi connectivity index (χ3v) is 3.41. The van der Waals surface area contributed by atoms with Crippen molar-refractivity contribution in [3.63, 3.8) is 0 Å². The van der Waals surface area contributed by atoms with Gasteiger partial charge in [-0.15, -0.1) is 0 Å². The van der Waals surface area contributed by atoms with E-state index in [0.29, 0.717) is 18.1 Å². The number of rotatable bonds is 9. The van der Waals surface area contributed by atoms with E-state index >= 15 is 0 Å². The van der Waals surface area contributed by atoms with Gasteiger partial charge in [0.2, 0.25) is 5.91 Å². The molecule has 1 aromatic rings. The maximum absolute atomic E-state index is 11.8. The maximum Gasteiger partial charge on any atom is 0.234 e. The first-order chi connectivity index (χ1) is 9.63. The van der Waals surface area contributed by atoms with Crippen molar-refractivity contribution in [1.82, 2.24) is 10.2 Å². The number of amides is 1. The highest BCUT2D eigenvalue weighted by atomic mass is 35.5. The van der Waals surface area contributed by atoms with Crippen LogP contribution in [0.2, 0.25) is 5.02 Å². The van der Waals surface area contributed by atoms with E-state index in [9.17, 15) is 4.79 Å². The van der Waals surface area contributed by atoms with E-state index in [1.807, 2.05) is 36.2 Å². The summed E-state index contributed by atoms with van der Waals surface area (Å²) in [6.07, 6.45) is 2.81. The van der Waals surface area contributed by atoms with Crippen LogP contribution >= 0.6 is 11.6 Å². The van der Waals surface area contributed by atoms with E-state index < -0.39 is 0 Å². The fourth-order valence-electron chi connectivity index (χ4n) is 1.89.